The second-order valence-electron chi connectivity index (χ2n) is 4.92. The first-order chi connectivity index (χ1) is 11.6. The Labute approximate surface area is 145 Å². The van der Waals surface area contributed by atoms with Crippen molar-refractivity contribution in [1.29, 1.82) is 0 Å². The zero-order valence-electron chi connectivity index (χ0n) is 13.1. The van der Waals surface area contributed by atoms with E-state index < -0.39 is 11.7 Å². The van der Waals surface area contributed by atoms with E-state index in [2.05, 4.69) is 23.1 Å². The van der Waals surface area contributed by atoms with Crippen molar-refractivity contribution in [1.82, 2.24) is 10.9 Å². The fourth-order valence-electron chi connectivity index (χ4n) is 1.85. The number of benzene rings is 2. The zero-order valence-corrected chi connectivity index (χ0v) is 14.0. The van der Waals surface area contributed by atoms with E-state index in [1.807, 2.05) is 24.3 Å². The molecule has 0 fully saturated rings. The van der Waals surface area contributed by atoms with Crippen molar-refractivity contribution < 1.29 is 13.9 Å². The summed E-state index contributed by atoms with van der Waals surface area (Å²) < 4.78 is 18.2. The monoisotopic (exact) mass is 347 g/mol. The van der Waals surface area contributed by atoms with Crippen molar-refractivity contribution >= 4 is 28.9 Å². The van der Waals surface area contributed by atoms with Crippen LogP contribution in [-0.4, -0.2) is 17.6 Å². The van der Waals surface area contributed by atoms with Crippen molar-refractivity contribution in [2.45, 2.75) is 13.3 Å². The van der Waals surface area contributed by atoms with E-state index >= 15 is 0 Å². The van der Waals surface area contributed by atoms with Crippen LogP contribution in [-0.2, 0) is 11.2 Å². The first kappa shape index (κ1) is 17.7. The molecule has 0 unspecified atom stereocenters. The molecule has 3 N–H and O–H groups in total. The fourth-order valence-corrected chi connectivity index (χ4v) is 2.02. The number of carbonyl (C=O) groups excluding carboxylic acids is 1. The molecule has 0 aliphatic carbocycles. The Morgan fingerprint density at radius 1 is 1.17 bits per heavy atom. The van der Waals surface area contributed by atoms with Crippen LogP contribution in [0.3, 0.4) is 0 Å². The maximum absolute atomic E-state index is 13.0. The number of aryl methyl sites for hydroxylation is 1. The maximum Gasteiger partial charge on any atom is 0.276 e. The zero-order chi connectivity index (χ0) is 17.4. The SMILES string of the molecule is CCc1ccc(NC(=S)NNC(=O)COc2cccc(F)c2)cc1. The van der Waals surface area contributed by atoms with E-state index in [9.17, 15) is 9.18 Å². The largest absolute Gasteiger partial charge is 0.484 e. The van der Waals surface area contributed by atoms with Gasteiger partial charge in [-0.15, -0.1) is 0 Å². The second kappa shape index (κ2) is 8.83. The topological polar surface area (TPSA) is 62.4 Å². The van der Waals surface area contributed by atoms with Gasteiger partial charge < -0.3 is 10.1 Å². The molecule has 5 nitrogen and oxygen atoms in total. The minimum absolute atomic E-state index is 0.248. The lowest BCUT2D eigenvalue weighted by atomic mass is 10.1. The molecule has 0 radical (unpaired) electrons. The molecule has 1 amide bonds. The predicted molar refractivity (Wildman–Crippen MR) is 95.2 cm³/mol. The molecule has 7 heteroatoms. The number of carbonyl (C=O) groups is 1. The Hall–Kier alpha value is -2.67. The summed E-state index contributed by atoms with van der Waals surface area (Å²) in [6.45, 7) is 1.82. The number of halogens is 1. The summed E-state index contributed by atoms with van der Waals surface area (Å²) in [5, 5.41) is 3.19. The average Bonchev–Trinajstić information content (AvgIpc) is 2.59. The Bertz CT molecular complexity index is 707. The third kappa shape index (κ3) is 5.85. The van der Waals surface area contributed by atoms with Crippen LogP contribution in [0.15, 0.2) is 48.5 Å². The molecule has 0 heterocycles. The van der Waals surface area contributed by atoms with Crippen LogP contribution in [0.5, 0.6) is 5.75 Å². The van der Waals surface area contributed by atoms with E-state index in [4.69, 9.17) is 17.0 Å². The molecule has 2 aromatic rings. The van der Waals surface area contributed by atoms with Crippen molar-refractivity contribution in [3.8, 4) is 5.75 Å². The molecule has 2 aromatic carbocycles. The molecule has 2 rings (SSSR count). The van der Waals surface area contributed by atoms with Gasteiger partial charge in [-0.2, -0.15) is 0 Å². The molecule has 0 saturated heterocycles. The number of rotatable bonds is 5. The molecule has 24 heavy (non-hydrogen) atoms. The van der Waals surface area contributed by atoms with Crippen LogP contribution < -0.4 is 20.9 Å². The summed E-state index contributed by atoms with van der Waals surface area (Å²) in [5.41, 5.74) is 7.01. The van der Waals surface area contributed by atoms with Crippen LogP contribution in [0.4, 0.5) is 10.1 Å². The lowest BCUT2D eigenvalue weighted by Crippen LogP contribution is -2.45. The highest BCUT2D eigenvalue weighted by Gasteiger charge is 2.04. The van der Waals surface area contributed by atoms with E-state index in [1.165, 1.54) is 23.8 Å². The number of amides is 1. The summed E-state index contributed by atoms with van der Waals surface area (Å²) >= 11 is 5.08. The highest BCUT2D eigenvalue weighted by atomic mass is 32.1. The number of hydrogen-bond acceptors (Lipinski definition) is 3. The van der Waals surface area contributed by atoms with Crippen LogP contribution in [0.25, 0.3) is 0 Å². The van der Waals surface area contributed by atoms with Crippen LogP contribution in [0.2, 0.25) is 0 Å². The molecule has 0 bridgehead atoms. The van der Waals surface area contributed by atoms with Gasteiger partial charge in [0.1, 0.15) is 11.6 Å². The van der Waals surface area contributed by atoms with Gasteiger partial charge in [0.25, 0.3) is 5.91 Å². The standard InChI is InChI=1S/C17H18FN3O2S/c1-2-12-6-8-14(9-7-12)19-17(24)21-20-16(22)11-23-15-5-3-4-13(18)10-15/h3-10H,2,11H2,1H3,(H,20,22)(H2,19,21,24). The summed E-state index contributed by atoms with van der Waals surface area (Å²) in [7, 11) is 0. The molecule has 126 valence electrons. The molecular formula is C17H18FN3O2S. The first-order valence-corrected chi connectivity index (χ1v) is 7.81. The van der Waals surface area contributed by atoms with Gasteiger partial charge >= 0.3 is 0 Å². The minimum atomic E-state index is -0.440. The lowest BCUT2D eigenvalue weighted by Gasteiger charge is -2.12. The van der Waals surface area contributed by atoms with Crippen LogP contribution in [0.1, 0.15) is 12.5 Å². The number of nitrogens with one attached hydrogen (secondary N) is 3. The Morgan fingerprint density at radius 3 is 2.58 bits per heavy atom. The van der Waals surface area contributed by atoms with Crippen LogP contribution >= 0.6 is 12.2 Å². The fraction of sp³-hybridized carbons (Fsp3) is 0.176. The van der Waals surface area contributed by atoms with E-state index in [-0.39, 0.29) is 17.5 Å². The number of thiocarbonyl (C=S) groups is 1. The number of ether oxygens (including phenoxy) is 1. The smallest absolute Gasteiger partial charge is 0.276 e. The van der Waals surface area contributed by atoms with Crippen molar-refractivity contribution in [2.75, 3.05) is 11.9 Å². The van der Waals surface area contributed by atoms with Crippen molar-refractivity contribution in [2.24, 2.45) is 0 Å². The normalized spacial score (nSPS) is 9.92. The quantitative estimate of drug-likeness (QED) is 0.573. The van der Waals surface area contributed by atoms with E-state index in [0.29, 0.717) is 0 Å². The van der Waals surface area contributed by atoms with Gasteiger partial charge in [-0.25, -0.2) is 4.39 Å². The Balaban J connectivity index is 1.71. The van der Waals surface area contributed by atoms with E-state index in [1.54, 1.807) is 6.07 Å². The Morgan fingerprint density at radius 2 is 1.92 bits per heavy atom. The number of hydrazine groups is 1. The van der Waals surface area contributed by atoms with Gasteiger partial charge in [0.2, 0.25) is 0 Å². The summed E-state index contributed by atoms with van der Waals surface area (Å²) in [6.07, 6.45) is 0.963. The second-order valence-corrected chi connectivity index (χ2v) is 5.33. The Kier molecular flexibility index (Phi) is 6.51. The molecule has 0 atom stereocenters. The van der Waals surface area contributed by atoms with Gasteiger partial charge in [-0.1, -0.05) is 25.1 Å². The first-order valence-electron chi connectivity index (χ1n) is 7.40. The summed E-state index contributed by atoms with van der Waals surface area (Å²) in [6, 6.07) is 13.4. The highest BCUT2D eigenvalue weighted by molar-refractivity contribution is 7.80. The summed E-state index contributed by atoms with van der Waals surface area (Å²) in [4.78, 5) is 11.7. The maximum atomic E-state index is 13.0. The lowest BCUT2D eigenvalue weighted by molar-refractivity contribution is -0.123. The molecule has 0 aromatic heterocycles. The van der Waals surface area contributed by atoms with Crippen molar-refractivity contribution in [3.63, 3.8) is 0 Å². The van der Waals surface area contributed by atoms with Gasteiger partial charge in [-0.05, 0) is 48.5 Å². The van der Waals surface area contributed by atoms with Gasteiger partial charge in [0.15, 0.2) is 11.7 Å². The number of anilines is 1. The molecular weight excluding hydrogens is 329 g/mol. The molecule has 0 spiro atoms. The average molecular weight is 347 g/mol. The number of hydrogen-bond donors (Lipinski definition) is 3. The van der Waals surface area contributed by atoms with Gasteiger partial charge in [0, 0.05) is 11.8 Å². The molecule has 0 aliphatic heterocycles. The van der Waals surface area contributed by atoms with Gasteiger partial charge in [0.05, 0.1) is 0 Å². The highest BCUT2D eigenvalue weighted by Crippen LogP contribution is 2.11. The van der Waals surface area contributed by atoms with Crippen LogP contribution in [0, 0.1) is 5.82 Å². The predicted octanol–water partition coefficient (Wildman–Crippen LogP) is 2.78. The molecule has 0 aliphatic rings. The molecule has 0 saturated carbocycles. The third-order valence-electron chi connectivity index (χ3n) is 3.10. The van der Waals surface area contributed by atoms with E-state index in [0.717, 1.165) is 12.1 Å². The van der Waals surface area contributed by atoms with Crippen molar-refractivity contribution in [3.05, 3.63) is 59.9 Å². The minimum Gasteiger partial charge on any atom is -0.484 e. The summed E-state index contributed by atoms with van der Waals surface area (Å²) in [5.74, 6) is -0.586. The third-order valence-corrected chi connectivity index (χ3v) is 3.31. The van der Waals surface area contributed by atoms with Gasteiger partial charge in [-0.3, -0.25) is 15.6 Å².